The number of ether oxygens (including phenoxy) is 1. The largest absolute Gasteiger partial charge is 0.379 e. The highest BCUT2D eigenvalue weighted by Crippen LogP contribution is 2.17. The average Bonchev–Trinajstić information content (AvgIpc) is 2.60. The molecule has 0 aliphatic carbocycles. The Morgan fingerprint density at radius 1 is 1.29 bits per heavy atom. The van der Waals surface area contributed by atoms with Crippen LogP contribution in [0, 0.1) is 6.92 Å². The second kappa shape index (κ2) is 7.73. The molecule has 1 aliphatic rings. The highest BCUT2D eigenvalue weighted by atomic mass is 16.5. The molecule has 2 aromatic rings. The van der Waals surface area contributed by atoms with Crippen molar-refractivity contribution in [2.75, 3.05) is 32.8 Å². The molecule has 0 radical (unpaired) electrons. The number of rotatable bonds is 5. The zero-order valence-electron chi connectivity index (χ0n) is 14.4. The Kier molecular flexibility index (Phi) is 5.43. The number of amides is 1. The summed E-state index contributed by atoms with van der Waals surface area (Å²) >= 11 is 0. The predicted octanol–water partition coefficient (Wildman–Crippen LogP) is 2.38. The van der Waals surface area contributed by atoms with Crippen LogP contribution in [0.5, 0.6) is 0 Å². The van der Waals surface area contributed by atoms with Gasteiger partial charge in [0, 0.05) is 36.8 Å². The van der Waals surface area contributed by atoms with Gasteiger partial charge in [0.15, 0.2) is 0 Å². The summed E-state index contributed by atoms with van der Waals surface area (Å²) in [5.74, 6) is -0.0480. The SMILES string of the molecule is Cc1ccc2cccc(C(=O)N[C@@H](C)CCN3CCOCC3)c2n1. The molecule has 1 N–H and O–H groups in total. The molecular formula is C19H25N3O2. The number of hydrogen-bond donors (Lipinski definition) is 1. The quantitative estimate of drug-likeness (QED) is 0.916. The normalized spacial score (nSPS) is 16.9. The summed E-state index contributed by atoms with van der Waals surface area (Å²) in [7, 11) is 0. The Bertz CT molecular complexity index is 711. The molecule has 0 spiro atoms. The Morgan fingerprint density at radius 2 is 2.08 bits per heavy atom. The second-order valence-corrected chi connectivity index (χ2v) is 6.45. The molecule has 0 saturated carbocycles. The van der Waals surface area contributed by atoms with Gasteiger partial charge in [-0.1, -0.05) is 18.2 Å². The van der Waals surface area contributed by atoms with Crippen molar-refractivity contribution < 1.29 is 9.53 Å². The van der Waals surface area contributed by atoms with Gasteiger partial charge in [0.2, 0.25) is 0 Å². The Hall–Kier alpha value is -1.98. The van der Waals surface area contributed by atoms with Crippen molar-refractivity contribution in [2.45, 2.75) is 26.3 Å². The first kappa shape index (κ1) is 16.9. The van der Waals surface area contributed by atoms with E-state index in [0.29, 0.717) is 5.56 Å². The Morgan fingerprint density at radius 3 is 2.88 bits per heavy atom. The minimum atomic E-state index is -0.0480. The number of fused-ring (bicyclic) bond motifs is 1. The van der Waals surface area contributed by atoms with Crippen LogP contribution in [0.1, 0.15) is 29.4 Å². The first-order valence-electron chi connectivity index (χ1n) is 8.61. The number of morpholine rings is 1. The van der Waals surface area contributed by atoms with E-state index in [1.807, 2.05) is 37.3 Å². The van der Waals surface area contributed by atoms with Crippen molar-refractivity contribution in [3.05, 3.63) is 41.6 Å². The lowest BCUT2D eigenvalue weighted by atomic mass is 10.1. The van der Waals surface area contributed by atoms with E-state index in [2.05, 4.69) is 22.1 Å². The minimum absolute atomic E-state index is 0.0480. The van der Waals surface area contributed by atoms with Crippen LogP contribution < -0.4 is 5.32 Å². The van der Waals surface area contributed by atoms with Crippen LogP contribution >= 0.6 is 0 Å². The molecule has 1 aromatic carbocycles. The molecule has 1 aromatic heterocycles. The number of para-hydroxylation sites is 1. The van der Waals surface area contributed by atoms with Gasteiger partial charge in [-0.15, -0.1) is 0 Å². The van der Waals surface area contributed by atoms with Gasteiger partial charge in [-0.05, 0) is 32.4 Å². The lowest BCUT2D eigenvalue weighted by Gasteiger charge is -2.27. The molecule has 5 nitrogen and oxygen atoms in total. The zero-order valence-corrected chi connectivity index (χ0v) is 14.4. The fourth-order valence-electron chi connectivity index (χ4n) is 3.00. The highest BCUT2D eigenvalue weighted by Gasteiger charge is 2.16. The first-order chi connectivity index (χ1) is 11.6. The molecule has 1 fully saturated rings. The third-order valence-electron chi connectivity index (χ3n) is 4.46. The van der Waals surface area contributed by atoms with Crippen LogP contribution in [-0.2, 0) is 4.74 Å². The molecule has 0 bridgehead atoms. The maximum absolute atomic E-state index is 12.6. The number of aryl methyl sites for hydroxylation is 1. The summed E-state index contributed by atoms with van der Waals surface area (Å²) in [4.78, 5) is 19.6. The van der Waals surface area contributed by atoms with Crippen molar-refractivity contribution in [3.63, 3.8) is 0 Å². The number of nitrogens with zero attached hydrogens (tertiary/aromatic N) is 2. The number of pyridine rings is 1. The lowest BCUT2D eigenvalue weighted by molar-refractivity contribution is 0.0363. The molecular weight excluding hydrogens is 302 g/mol. The van der Waals surface area contributed by atoms with Crippen molar-refractivity contribution >= 4 is 16.8 Å². The number of nitrogens with one attached hydrogen (secondary N) is 1. The van der Waals surface area contributed by atoms with Gasteiger partial charge in [-0.3, -0.25) is 14.7 Å². The molecule has 1 aliphatic heterocycles. The molecule has 24 heavy (non-hydrogen) atoms. The van der Waals surface area contributed by atoms with Crippen molar-refractivity contribution in [3.8, 4) is 0 Å². The smallest absolute Gasteiger partial charge is 0.253 e. The van der Waals surface area contributed by atoms with Gasteiger partial charge >= 0.3 is 0 Å². The van der Waals surface area contributed by atoms with E-state index in [4.69, 9.17) is 4.74 Å². The predicted molar refractivity (Wildman–Crippen MR) is 95.3 cm³/mol. The molecule has 2 heterocycles. The number of carbonyl (C=O) groups is 1. The molecule has 0 unspecified atom stereocenters. The number of carbonyl (C=O) groups excluding carboxylic acids is 1. The van der Waals surface area contributed by atoms with E-state index in [9.17, 15) is 4.79 Å². The average molecular weight is 327 g/mol. The van der Waals surface area contributed by atoms with Gasteiger partial charge in [-0.2, -0.15) is 0 Å². The van der Waals surface area contributed by atoms with Gasteiger partial charge in [0.05, 0.1) is 24.3 Å². The summed E-state index contributed by atoms with van der Waals surface area (Å²) in [5, 5.41) is 4.11. The third kappa shape index (κ3) is 4.10. The Balaban J connectivity index is 1.63. The van der Waals surface area contributed by atoms with Gasteiger partial charge in [0.25, 0.3) is 5.91 Å². The number of aromatic nitrogens is 1. The van der Waals surface area contributed by atoms with Crippen LogP contribution in [0.2, 0.25) is 0 Å². The maximum atomic E-state index is 12.6. The molecule has 1 saturated heterocycles. The minimum Gasteiger partial charge on any atom is -0.379 e. The van der Waals surface area contributed by atoms with E-state index < -0.39 is 0 Å². The van der Waals surface area contributed by atoms with E-state index in [0.717, 1.165) is 55.9 Å². The Labute approximate surface area is 143 Å². The van der Waals surface area contributed by atoms with E-state index in [1.165, 1.54) is 0 Å². The van der Waals surface area contributed by atoms with Crippen LogP contribution in [0.3, 0.4) is 0 Å². The highest BCUT2D eigenvalue weighted by molar-refractivity contribution is 6.05. The third-order valence-corrected chi connectivity index (χ3v) is 4.46. The summed E-state index contributed by atoms with van der Waals surface area (Å²) in [6.07, 6.45) is 0.933. The maximum Gasteiger partial charge on any atom is 0.253 e. The number of hydrogen-bond acceptors (Lipinski definition) is 4. The summed E-state index contributed by atoms with van der Waals surface area (Å²) in [6.45, 7) is 8.56. The van der Waals surface area contributed by atoms with Gasteiger partial charge in [-0.25, -0.2) is 0 Å². The standard InChI is InChI=1S/C19H25N3O2/c1-14-6-7-16-4-3-5-17(18(16)20-14)19(23)21-15(2)8-9-22-10-12-24-13-11-22/h3-7,15H,8-13H2,1-2H3,(H,21,23)/t15-/m0/s1. The van der Waals surface area contributed by atoms with E-state index in [1.54, 1.807) is 0 Å². The molecule has 3 rings (SSSR count). The van der Waals surface area contributed by atoms with Gasteiger partial charge in [0.1, 0.15) is 0 Å². The summed E-state index contributed by atoms with van der Waals surface area (Å²) < 4.78 is 5.36. The van der Waals surface area contributed by atoms with Crippen molar-refractivity contribution in [1.82, 2.24) is 15.2 Å². The molecule has 1 amide bonds. The topological polar surface area (TPSA) is 54.5 Å². The van der Waals surface area contributed by atoms with E-state index >= 15 is 0 Å². The first-order valence-corrected chi connectivity index (χ1v) is 8.61. The van der Waals surface area contributed by atoms with Crippen LogP contribution in [0.15, 0.2) is 30.3 Å². The summed E-state index contributed by atoms with van der Waals surface area (Å²) in [6, 6.07) is 9.84. The lowest BCUT2D eigenvalue weighted by Crippen LogP contribution is -2.40. The molecule has 1 atom stereocenters. The summed E-state index contributed by atoms with van der Waals surface area (Å²) in [5.41, 5.74) is 2.34. The van der Waals surface area contributed by atoms with Gasteiger partial charge < -0.3 is 10.1 Å². The second-order valence-electron chi connectivity index (χ2n) is 6.45. The fourth-order valence-corrected chi connectivity index (χ4v) is 3.00. The zero-order chi connectivity index (χ0) is 16.9. The van der Waals surface area contributed by atoms with Crippen molar-refractivity contribution in [2.24, 2.45) is 0 Å². The van der Waals surface area contributed by atoms with E-state index in [-0.39, 0.29) is 11.9 Å². The van der Waals surface area contributed by atoms with Crippen LogP contribution in [0.4, 0.5) is 0 Å². The number of benzene rings is 1. The van der Waals surface area contributed by atoms with Crippen molar-refractivity contribution in [1.29, 1.82) is 0 Å². The van der Waals surface area contributed by atoms with Crippen LogP contribution in [0.25, 0.3) is 10.9 Å². The fraction of sp³-hybridized carbons (Fsp3) is 0.474. The van der Waals surface area contributed by atoms with Crippen LogP contribution in [-0.4, -0.2) is 54.7 Å². The molecule has 5 heteroatoms. The molecule has 128 valence electrons. The monoisotopic (exact) mass is 327 g/mol.